The van der Waals surface area contributed by atoms with Gasteiger partial charge in [0.15, 0.2) is 5.17 Å². The highest BCUT2D eigenvalue weighted by atomic mass is 32.2. The topological polar surface area (TPSA) is 35.8 Å². The zero-order valence-electron chi connectivity index (χ0n) is 12.0. The van der Waals surface area contributed by atoms with Crippen molar-refractivity contribution in [3.8, 4) is 0 Å². The van der Waals surface area contributed by atoms with Crippen LogP contribution in [0, 0.1) is 6.92 Å². The highest BCUT2D eigenvalue weighted by molar-refractivity contribution is 8.17. The summed E-state index contributed by atoms with van der Waals surface area (Å²) in [7, 11) is 0. The summed E-state index contributed by atoms with van der Waals surface area (Å²) >= 11 is 3.44. The third kappa shape index (κ3) is 2.03. The monoisotopic (exact) mass is 316 g/mol. The predicted molar refractivity (Wildman–Crippen MR) is 91.8 cm³/mol. The maximum absolute atomic E-state index is 10.2. The number of hydrogen-bond acceptors (Lipinski definition) is 5. The van der Waals surface area contributed by atoms with E-state index in [1.807, 2.05) is 18.3 Å². The number of aliphatic hydroxyl groups is 1. The van der Waals surface area contributed by atoms with Crippen LogP contribution in [0.4, 0.5) is 0 Å². The van der Waals surface area contributed by atoms with Crippen molar-refractivity contribution in [2.45, 2.75) is 20.0 Å². The summed E-state index contributed by atoms with van der Waals surface area (Å²) in [4.78, 5) is 9.14. The molecule has 3 nitrogen and oxygen atoms in total. The fraction of sp³-hybridized carbons (Fsp3) is 0.312. The highest BCUT2D eigenvalue weighted by Gasteiger charge is 2.35. The van der Waals surface area contributed by atoms with E-state index in [1.165, 1.54) is 20.5 Å². The minimum absolute atomic E-state index is 0.465. The number of amidine groups is 1. The fourth-order valence-corrected chi connectivity index (χ4v) is 5.04. The molecule has 2 aliphatic heterocycles. The molecule has 5 heteroatoms. The first-order valence-electron chi connectivity index (χ1n) is 7.07. The number of nitrogens with zero attached hydrogens (tertiary/aromatic N) is 2. The Morgan fingerprint density at radius 1 is 1.38 bits per heavy atom. The Labute approximate surface area is 132 Å². The summed E-state index contributed by atoms with van der Waals surface area (Å²) in [5.74, 6) is 0. The summed E-state index contributed by atoms with van der Waals surface area (Å²) in [5, 5.41) is 12.5. The van der Waals surface area contributed by atoms with E-state index in [4.69, 9.17) is 0 Å². The number of fused-ring (bicyclic) bond motifs is 2. The van der Waals surface area contributed by atoms with E-state index >= 15 is 0 Å². The van der Waals surface area contributed by atoms with Crippen molar-refractivity contribution in [1.82, 2.24) is 4.90 Å². The molecular weight excluding hydrogens is 300 g/mol. The Balaban J connectivity index is 1.96. The first-order chi connectivity index (χ1) is 10.1. The van der Waals surface area contributed by atoms with Crippen LogP contribution in [-0.4, -0.2) is 34.4 Å². The summed E-state index contributed by atoms with van der Waals surface area (Å²) in [5.41, 5.74) is 2.36. The summed E-state index contributed by atoms with van der Waals surface area (Å²) < 4.78 is 1.30. The Morgan fingerprint density at radius 3 is 3.05 bits per heavy atom. The lowest BCUT2D eigenvalue weighted by molar-refractivity contribution is 0.240. The number of benzene rings is 1. The predicted octanol–water partition coefficient (Wildman–Crippen LogP) is 3.68. The minimum Gasteiger partial charge on any atom is -0.388 e. The van der Waals surface area contributed by atoms with E-state index in [9.17, 15) is 5.11 Å². The number of aliphatic imine (C=N–C) groups is 1. The minimum atomic E-state index is -0.465. The molecule has 0 spiro atoms. The molecule has 0 amide bonds. The standard InChI is InChI=1S/C16H16N2OS2/c1-9-8-12-11(4-3-5-13(12)20-9)14-15(10(2)19)21-16-17-6-7-18(14)16/h3-5,8,10,19H,6-7H2,1-2H3. The molecule has 2 aliphatic rings. The van der Waals surface area contributed by atoms with Crippen molar-refractivity contribution in [2.75, 3.05) is 13.1 Å². The van der Waals surface area contributed by atoms with Crippen LogP contribution in [0.15, 0.2) is 34.2 Å². The molecule has 0 saturated carbocycles. The molecule has 3 heterocycles. The van der Waals surface area contributed by atoms with Gasteiger partial charge in [-0.15, -0.1) is 11.3 Å². The van der Waals surface area contributed by atoms with Crippen LogP contribution in [0.5, 0.6) is 0 Å². The molecular formula is C16H16N2OS2. The number of thioether (sulfide) groups is 1. The largest absolute Gasteiger partial charge is 0.388 e. The van der Waals surface area contributed by atoms with Gasteiger partial charge in [0, 0.05) is 32.0 Å². The van der Waals surface area contributed by atoms with Crippen LogP contribution >= 0.6 is 23.1 Å². The molecule has 1 unspecified atom stereocenters. The Bertz CT molecular complexity index is 789. The molecule has 4 rings (SSSR count). The van der Waals surface area contributed by atoms with Gasteiger partial charge >= 0.3 is 0 Å². The normalized spacial score (nSPS) is 19.4. The molecule has 1 N–H and O–H groups in total. The molecule has 0 bridgehead atoms. The van der Waals surface area contributed by atoms with Crippen molar-refractivity contribution in [3.63, 3.8) is 0 Å². The van der Waals surface area contributed by atoms with Gasteiger partial charge in [-0.3, -0.25) is 4.99 Å². The zero-order chi connectivity index (χ0) is 14.6. The third-order valence-electron chi connectivity index (χ3n) is 3.83. The smallest absolute Gasteiger partial charge is 0.168 e. The Morgan fingerprint density at radius 2 is 2.24 bits per heavy atom. The van der Waals surface area contributed by atoms with Crippen molar-refractivity contribution in [3.05, 3.63) is 39.6 Å². The van der Waals surface area contributed by atoms with Gasteiger partial charge in [-0.25, -0.2) is 0 Å². The van der Waals surface area contributed by atoms with Crippen LogP contribution in [0.2, 0.25) is 0 Å². The second-order valence-electron chi connectivity index (χ2n) is 5.38. The van der Waals surface area contributed by atoms with Crippen molar-refractivity contribution < 1.29 is 5.11 Å². The first-order valence-corrected chi connectivity index (χ1v) is 8.70. The van der Waals surface area contributed by atoms with Gasteiger partial charge in [-0.2, -0.15) is 0 Å². The average Bonchev–Trinajstić information content (AvgIpc) is 3.08. The fourth-order valence-electron chi connectivity index (χ4n) is 2.96. The lowest BCUT2D eigenvalue weighted by Gasteiger charge is -2.18. The van der Waals surface area contributed by atoms with Gasteiger partial charge in [-0.05, 0) is 26.0 Å². The summed E-state index contributed by atoms with van der Waals surface area (Å²) in [6.07, 6.45) is -0.465. The average molecular weight is 316 g/mol. The number of rotatable bonds is 2. The van der Waals surface area contributed by atoms with Crippen molar-refractivity contribution >= 4 is 44.0 Å². The van der Waals surface area contributed by atoms with Crippen LogP contribution in [0.25, 0.3) is 15.8 Å². The Kier molecular flexibility index (Phi) is 3.10. The van der Waals surface area contributed by atoms with Gasteiger partial charge in [0.2, 0.25) is 0 Å². The van der Waals surface area contributed by atoms with E-state index in [0.717, 1.165) is 28.9 Å². The van der Waals surface area contributed by atoms with E-state index in [-0.39, 0.29) is 0 Å². The molecule has 1 aromatic carbocycles. The van der Waals surface area contributed by atoms with Gasteiger partial charge < -0.3 is 10.0 Å². The number of thiophene rings is 1. The molecule has 0 aliphatic carbocycles. The van der Waals surface area contributed by atoms with Gasteiger partial charge in [0.25, 0.3) is 0 Å². The van der Waals surface area contributed by atoms with Gasteiger partial charge in [0.1, 0.15) is 0 Å². The first kappa shape index (κ1) is 13.4. The van der Waals surface area contributed by atoms with Crippen LogP contribution in [0.1, 0.15) is 17.4 Å². The third-order valence-corrected chi connectivity index (χ3v) is 6.13. The number of aryl methyl sites for hydroxylation is 1. The SMILES string of the molecule is Cc1cc2c(C3=C(C(C)O)SC4=NCCN43)cccc2s1. The maximum atomic E-state index is 10.2. The van der Waals surface area contributed by atoms with Gasteiger partial charge in [-0.1, -0.05) is 23.9 Å². The summed E-state index contributed by atoms with van der Waals surface area (Å²) in [6, 6.07) is 8.68. The van der Waals surface area contributed by atoms with E-state index in [0.29, 0.717) is 0 Å². The van der Waals surface area contributed by atoms with Crippen LogP contribution in [0.3, 0.4) is 0 Å². The zero-order valence-corrected chi connectivity index (χ0v) is 13.6. The van der Waals surface area contributed by atoms with E-state index < -0.39 is 6.10 Å². The maximum Gasteiger partial charge on any atom is 0.168 e. The Hall–Kier alpha value is -1.30. The highest BCUT2D eigenvalue weighted by Crippen LogP contribution is 2.45. The van der Waals surface area contributed by atoms with Crippen molar-refractivity contribution in [1.29, 1.82) is 0 Å². The lowest BCUT2D eigenvalue weighted by Crippen LogP contribution is -2.20. The molecule has 0 fully saturated rings. The quantitative estimate of drug-likeness (QED) is 0.918. The van der Waals surface area contributed by atoms with E-state index in [1.54, 1.807) is 11.8 Å². The summed E-state index contributed by atoms with van der Waals surface area (Å²) in [6.45, 7) is 5.74. The molecule has 21 heavy (non-hydrogen) atoms. The number of aliphatic hydroxyl groups excluding tert-OH is 1. The van der Waals surface area contributed by atoms with Crippen LogP contribution in [-0.2, 0) is 0 Å². The van der Waals surface area contributed by atoms with Gasteiger partial charge in [0.05, 0.1) is 18.3 Å². The molecule has 0 radical (unpaired) electrons. The lowest BCUT2D eigenvalue weighted by atomic mass is 10.0. The molecule has 1 atom stereocenters. The second-order valence-corrected chi connectivity index (χ2v) is 7.68. The molecule has 108 valence electrons. The van der Waals surface area contributed by atoms with Crippen LogP contribution < -0.4 is 0 Å². The second kappa shape index (κ2) is 4.87. The van der Waals surface area contributed by atoms with E-state index in [2.05, 4.69) is 41.1 Å². The molecule has 2 aromatic rings. The molecule has 0 saturated heterocycles. The van der Waals surface area contributed by atoms with Crippen molar-refractivity contribution in [2.24, 2.45) is 4.99 Å². The number of hydrogen-bond donors (Lipinski definition) is 1. The molecule has 1 aromatic heterocycles.